The highest BCUT2D eigenvalue weighted by Crippen LogP contribution is 2.13. The molecule has 2 unspecified atom stereocenters. The van der Waals surface area contributed by atoms with E-state index in [9.17, 15) is 0 Å². The van der Waals surface area contributed by atoms with Gasteiger partial charge in [-0.2, -0.15) is 0 Å². The molecule has 1 N–H and O–H groups in total. The lowest BCUT2D eigenvalue weighted by atomic mass is 10.1. The predicted octanol–water partition coefficient (Wildman–Crippen LogP) is 1.79. The highest BCUT2D eigenvalue weighted by atomic mass is 15.2. The Morgan fingerprint density at radius 3 is 2.65 bits per heavy atom. The first-order valence-corrected chi connectivity index (χ1v) is 7.31. The molecule has 2 atom stereocenters. The summed E-state index contributed by atoms with van der Waals surface area (Å²) in [5.41, 5.74) is 0. The van der Waals surface area contributed by atoms with Crippen LogP contribution in [-0.4, -0.2) is 62.2 Å². The van der Waals surface area contributed by atoms with Crippen molar-refractivity contribution < 1.29 is 0 Å². The summed E-state index contributed by atoms with van der Waals surface area (Å²) in [5.74, 6) is 0. The lowest BCUT2D eigenvalue weighted by molar-refractivity contribution is 0.165. The van der Waals surface area contributed by atoms with Gasteiger partial charge in [0.2, 0.25) is 0 Å². The van der Waals surface area contributed by atoms with E-state index in [0.717, 1.165) is 6.04 Å². The van der Waals surface area contributed by atoms with Gasteiger partial charge in [0, 0.05) is 25.2 Å². The summed E-state index contributed by atoms with van der Waals surface area (Å²) < 4.78 is 0. The van der Waals surface area contributed by atoms with Crippen molar-refractivity contribution in [1.82, 2.24) is 15.1 Å². The van der Waals surface area contributed by atoms with Crippen LogP contribution in [0, 0.1) is 0 Å². The van der Waals surface area contributed by atoms with Crippen LogP contribution in [0.5, 0.6) is 0 Å². The standard InChI is InChI=1S/C14H31N3/c1-5-8-13(15-3)11-17-10-7-9-16(4)12-14(17)6-2/h13-15H,5-12H2,1-4H3. The molecule has 1 saturated heterocycles. The fourth-order valence-corrected chi connectivity index (χ4v) is 2.88. The highest BCUT2D eigenvalue weighted by molar-refractivity contribution is 4.81. The highest BCUT2D eigenvalue weighted by Gasteiger charge is 2.23. The van der Waals surface area contributed by atoms with Crippen molar-refractivity contribution in [2.24, 2.45) is 0 Å². The van der Waals surface area contributed by atoms with Gasteiger partial charge in [-0.3, -0.25) is 4.90 Å². The van der Waals surface area contributed by atoms with Crippen LogP contribution in [0.15, 0.2) is 0 Å². The average Bonchev–Trinajstić information content (AvgIpc) is 2.50. The number of nitrogens with one attached hydrogen (secondary N) is 1. The number of nitrogens with zero attached hydrogens (tertiary/aromatic N) is 2. The van der Waals surface area contributed by atoms with E-state index in [-0.39, 0.29) is 0 Å². The van der Waals surface area contributed by atoms with Gasteiger partial charge in [-0.05, 0) is 46.4 Å². The molecule has 0 aromatic rings. The normalized spacial score (nSPS) is 25.8. The molecule has 1 heterocycles. The van der Waals surface area contributed by atoms with Gasteiger partial charge in [0.05, 0.1) is 0 Å². The number of likely N-dealkylation sites (N-methyl/N-ethyl adjacent to an activating group) is 2. The second-order valence-electron chi connectivity index (χ2n) is 5.45. The maximum atomic E-state index is 3.47. The molecule has 3 heteroatoms. The molecule has 17 heavy (non-hydrogen) atoms. The lowest BCUT2D eigenvalue weighted by Gasteiger charge is -2.33. The van der Waals surface area contributed by atoms with Crippen LogP contribution in [0.2, 0.25) is 0 Å². The summed E-state index contributed by atoms with van der Waals surface area (Å²) in [6.45, 7) is 9.58. The first kappa shape index (κ1) is 14.9. The molecule has 0 spiro atoms. The smallest absolute Gasteiger partial charge is 0.0221 e. The van der Waals surface area contributed by atoms with Crippen molar-refractivity contribution in [1.29, 1.82) is 0 Å². The van der Waals surface area contributed by atoms with Crippen LogP contribution >= 0.6 is 0 Å². The molecule has 1 rings (SSSR count). The van der Waals surface area contributed by atoms with Gasteiger partial charge < -0.3 is 10.2 Å². The van der Waals surface area contributed by atoms with Crippen molar-refractivity contribution >= 4 is 0 Å². The van der Waals surface area contributed by atoms with Crippen LogP contribution in [0.3, 0.4) is 0 Å². The Hall–Kier alpha value is -0.120. The van der Waals surface area contributed by atoms with Gasteiger partial charge in [0.15, 0.2) is 0 Å². The molecular formula is C14H31N3. The minimum absolute atomic E-state index is 0.664. The Labute approximate surface area is 108 Å². The molecular weight excluding hydrogens is 210 g/mol. The fraction of sp³-hybridized carbons (Fsp3) is 1.00. The molecule has 0 radical (unpaired) electrons. The largest absolute Gasteiger partial charge is 0.316 e. The predicted molar refractivity (Wildman–Crippen MR) is 75.5 cm³/mol. The lowest BCUT2D eigenvalue weighted by Crippen LogP contribution is -2.46. The topological polar surface area (TPSA) is 18.5 Å². The van der Waals surface area contributed by atoms with E-state index in [1.807, 2.05) is 0 Å². The van der Waals surface area contributed by atoms with E-state index < -0.39 is 0 Å². The Morgan fingerprint density at radius 1 is 1.29 bits per heavy atom. The van der Waals surface area contributed by atoms with E-state index in [1.54, 1.807) is 0 Å². The van der Waals surface area contributed by atoms with E-state index in [0.29, 0.717) is 6.04 Å². The average molecular weight is 241 g/mol. The Bertz CT molecular complexity index is 196. The Balaban J connectivity index is 2.52. The minimum Gasteiger partial charge on any atom is -0.316 e. The van der Waals surface area contributed by atoms with Crippen LogP contribution in [-0.2, 0) is 0 Å². The summed E-state index contributed by atoms with van der Waals surface area (Å²) >= 11 is 0. The molecule has 1 aliphatic heterocycles. The number of hydrogen-bond donors (Lipinski definition) is 1. The first-order valence-electron chi connectivity index (χ1n) is 7.31. The zero-order valence-electron chi connectivity index (χ0n) is 12.2. The second kappa shape index (κ2) is 8.06. The van der Waals surface area contributed by atoms with Crippen LogP contribution in [0.25, 0.3) is 0 Å². The molecule has 0 aromatic heterocycles. The van der Waals surface area contributed by atoms with Gasteiger partial charge in [0.1, 0.15) is 0 Å². The molecule has 0 bridgehead atoms. The maximum absolute atomic E-state index is 3.47. The van der Waals surface area contributed by atoms with Crippen molar-refractivity contribution in [3.05, 3.63) is 0 Å². The first-order chi connectivity index (χ1) is 8.21. The van der Waals surface area contributed by atoms with Crippen LogP contribution in [0.4, 0.5) is 0 Å². The summed E-state index contributed by atoms with van der Waals surface area (Å²) in [5, 5.41) is 3.47. The van der Waals surface area contributed by atoms with Crippen molar-refractivity contribution in [2.45, 2.75) is 51.6 Å². The van der Waals surface area contributed by atoms with Crippen molar-refractivity contribution in [2.75, 3.05) is 40.3 Å². The van der Waals surface area contributed by atoms with Gasteiger partial charge >= 0.3 is 0 Å². The molecule has 3 nitrogen and oxygen atoms in total. The van der Waals surface area contributed by atoms with Crippen LogP contribution in [0.1, 0.15) is 39.5 Å². The third-order valence-electron chi connectivity index (χ3n) is 4.00. The zero-order valence-corrected chi connectivity index (χ0v) is 12.2. The molecule has 1 fully saturated rings. The summed E-state index contributed by atoms with van der Waals surface area (Å²) in [6.07, 6.45) is 5.15. The molecule has 0 amide bonds. The van der Waals surface area contributed by atoms with E-state index in [2.05, 4.69) is 43.1 Å². The number of hydrogen-bond acceptors (Lipinski definition) is 3. The SMILES string of the molecule is CCCC(CN1CCCN(C)CC1CC)NC. The van der Waals surface area contributed by atoms with Crippen molar-refractivity contribution in [3.8, 4) is 0 Å². The monoisotopic (exact) mass is 241 g/mol. The summed E-state index contributed by atoms with van der Waals surface area (Å²) in [6, 6.07) is 1.41. The zero-order chi connectivity index (χ0) is 12.7. The van der Waals surface area contributed by atoms with Crippen LogP contribution < -0.4 is 5.32 Å². The van der Waals surface area contributed by atoms with E-state index in [4.69, 9.17) is 0 Å². The molecule has 0 aromatic carbocycles. The van der Waals surface area contributed by atoms with E-state index >= 15 is 0 Å². The third kappa shape index (κ3) is 4.94. The Morgan fingerprint density at radius 2 is 2.06 bits per heavy atom. The second-order valence-corrected chi connectivity index (χ2v) is 5.45. The molecule has 1 aliphatic rings. The minimum atomic E-state index is 0.664. The quantitative estimate of drug-likeness (QED) is 0.765. The van der Waals surface area contributed by atoms with Gasteiger partial charge in [-0.25, -0.2) is 0 Å². The third-order valence-corrected chi connectivity index (χ3v) is 4.00. The van der Waals surface area contributed by atoms with E-state index in [1.165, 1.54) is 51.9 Å². The summed E-state index contributed by atoms with van der Waals surface area (Å²) in [4.78, 5) is 5.20. The fourth-order valence-electron chi connectivity index (χ4n) is 2.88. The Kier molecular flexibility index (Phi) is 7.09. The number of rotatable bonds is 6. The molecule has 102 valence electrons. The molecule has 0 aliphatic carbocycles. The maximum Gasteiger partial charge on any atom is 0.0221 e. The van der Waals surface area contributed by atoms with Crippen molar-refractivity contribution in [3.63, 3.8) is 0 Å². The van der Waals surface area contributed by atoms with Gasteiger partial charge in [-0.15, -0.1) is 0 Å². The summed E-state index contributed by atoms with van der Waals surface area (Å²) in [7, 11) is 4.36. The van der Waals surface area contributed by atoms with Gasteiger partial charge in [-0.1, -0.05) is 20.3 Å². The van der Waals surface area contributed by atoms with Gasteiger partial charge in [0.25, 0.3) is 0 Å². The molecule has 0 saturated carbocycles.